The number of benzene rings is 1. The molecule has 1 fully saturated rings. The lowest BCUT2D eigenvalue weighted by molar-refractivity contribution is 0.249. The fourth-order valence-electron chi connectivity index (χ4n) is 2.99. The molecule has 2 unspecified atom stereocenters. The summed E-state index contributed by atoms with van der Waals surface area (Å²) in [6, 6.07) is 4.31. The third kappa shape index (κ3) is 3.69. The Bertz CT molecular complexity index is 514. The fraction of sp³-hybridized carbons (Fsp3) is 0.562. The first-order chi connectivity index (χ1) is 10.4. The molecule has 0 bridgehead atoms. The lowest BCUT2D eigenvalue weighted by Gasteiger charge is -2.19. The van der Waals surface area contributed by atoms with Gasteiger partial charge in [0.1, 0.15) is 5.75 Å². The van der Waals surface area contributed by atoms with Crippen LogP contribution in [-0.4, -0.2) is 31.8 Å². The summed E-state index contributed by atoms with van der Waals surface area (Å²) in [7, 11) is 1.65. The van der Waals surface area contributed by atoms with E-state index in [1.165, 1.54) is 0 Å². The van der Waals surface area contributed by atoms with Crippen molar-refractivity contribution in [3.63, 3.8) is 0 Å². The van der Waals surface area contributed by atoms with Gasteiger partial charge in [0.2, 0.25) is 0 Å². The maximum Gasteiger partial charge on any atom is 0.319 e. The van der Waals surface area contributed by atoms with Crippen molar-refractivity contribution in [1.82, 2.24) is 16.2 Å². The summed E-state index contributed by atoms with van der Waals surface area (Å²) in [5.74, 6) is 1.22. The van der Waals surface area contributed by atoms with Crippen molar-refractivity contribution in [3.05, 3.63) is 23.3 Å². The molecule has 6 heteroatoms. The Labute approximate surface area is 132 Å². The Morgan fingerprint density at radius 2 is 1.73 bits per heavy atom. The molecule has 1 aromatic carbocycles. The molecule has 1 saturated heterocycles. The molecule has 2 rings (SSSR count). The maximum atomic E-state index is 12.1. The van der Waals surface area contributed by atoms with Gasteiger partial charge in [-0.1, -0.05) is 0 Å². The zero-order valence-electron chi connectivity index (χ0n) is 13.9. The molecule has 22 heavy (non-hydrogen) atoms. The molecule has 2 atom stereocenters. The zero-order chi connectivity index (χ0) is 16.3. The van der Waals surface area contributed by atoms with E-state index in [0.717, 1.165) is 22.6 Å². The third-order valence-electron chi connectivity index (χ3n) is 4.24. The predicted octanol–water partition coefficient (Wildman–Crippen LogP) is 1.93. The Morgan fingerprint density at radius 3 is 2.23 bits per heavy atom. The van der Waals surface area contributed by atoms with Gasteiger partial charge in [0, 0.05) is 30.2 Å². The van der Waals surface area contributed by atoms with Crippen molar-refractivity contribution in [3.8, 4) is 5.75 Å². The molecule has 1 aliphatic heterocycles. The molecule has 1 aliphatic rings. The number of rotatable bonds is 4. The largest absolute Gasteiger partial charge is 0.496 e. The number of amides is 2. The number of anilines is 1. The Balaban J connectivity index is 1.92. The van der Waals surface area contributed by atoms with Gasteiger partial charge in [0.15, 0.2) is 0 Å². The number of methoxy groups -OCH3 is 1. The highest BCUT2D eigenvalue weighted by Crippen LogP contribution is 2.26. The number of nitrogens with one attached hydrogen (secondary N) is 4. The first-order valence-electron chi connectivity index (χ1n) is 7.63. The van der Waals surface area contributed by atoms with E-state index in [2.05, 4.69) is 35.3 Å². The van der Waals surface area contributed by atoms with Gasteiger partial charge in [0.25, 0.3) is 0 Å². The molecule has 2 amide bonds. The van der Waals surface area contributed by atoms with Gasteiger partial charge >= 0.3 is 6.03 Å². The SMILES string of the molecule is COc1c(C)cc(NC(=O)NCC2C(C)NNC2C)cc1C. The lowest BCUT2D eigenvalue weighted by atomic mass is 9.97. The molecule has 0 spiro atoms. The van der Waals surface area contributed by atoms with Crippen LogP contribution in [-0.2, 0) is 0 Å². The number of carbonyl (C=O) groups excluding carboxylic acids is 1. The van der Waals surface area contributed by atoms with E-state index in [4.69, 9.17) is 4.74 Å². The summed E-state index contributed by atoms with van der Waals surface area (Å²) in [6.07, 6.45) is 0. The summed E-state index contributed by atoms with van der Waals surface area (Å²) in [5.41, 5.74) is 9.15. The van der Waals surface area contributed by atoms with Crippen LogP contribution in [0.3, 0.4) is 0 Å². The van der Waals surface area contributed by atoms with E-state index in [-0.39, 0.29) is 6.03 Å². The number of ether oxygens (including phenoxy) is 1. The number of hydrogen-bond acceptors (Lipinski definition) is 4. The standard InChI is InChI=1S/C16H26N4O2/c1-9-6-13(7-10(2)15(9)22-5)18-16(21)17-8-14-11(3)19-20-12(14)4/h6-7,11-12,14,19-20H,8H2,1-5H3,(H2,17,18,21). The molecule has 0 aliphatic carbocycles. The number of aryl methyl sites for hydroxylation is 2. The van der Waals surface area contributed by atoms with E-state index in [9.17, 15) is 4.79 Å². The zero-order valence-corrected chi connectivity index (χ0v) is 13.9. The number of hydrogen-bond donors (Lipinski definition) is 4. The molecule has 0 aromatic heterocycles. The van der Waals surface area contributed by atoms with Gasteiger partial charge in [-0.05, 0) is 51.0 Å². The van der Waals surface area contributed by atoms with Crippen LogP contribution in [0.4, 0.5) is 10.5 Å². The van der Waals surface area contributed by atoms with E-state index in [1.807, 2.05) is 26.0 Å². The topological polar surface area (TPSA) is 74.4 Å². The Morgan fingerprint density at radius 1 is 1.18 bits per heavy atom. The summed E-state index contributed by atoms with van der Waals surface area (Å²) < 4.78 is 5.33. The average molecular weight is 306 g/mol. The van der Waals surface area contributed by atoms with Gasteiger partial charge in [-0.15, -0.1) is 0 Å². The number of urea groups is 1. The van der Waals surface area contributed by atoms with E-state index in [1.54, 1.807) is 7.11 Å². The van der Waals surface area contributed by atoms with Gasteiger partial charge in [-0.3, -0.25) is 10.9 Å². The number of carbonyl (C=O) groups is 1. The molecule has 1 heterocycles. The van der Waals surface area contributed by atoms with Crippen LogP contribution in [0.1, 0.15) is 25.0 Å². The molecule has 122 valence electrons. The van der Waals surface area contributed by atoms with Crippen molar-refractivity contribution < 1.29 is 9.53 Å². The van der Waals surface area contributed by atoms with Crippen LogP contribution < -0.4 is 26.2 Å². The highest BCUT2D eigenvalue weighted by Gasteiger charge is 2.29. The third-order valence-corrected chi connectivity index (χ3v) is 4.24. The van der Waals surface area contributed by atoms with Crippen molar-refractivity contribution in [1.29, 1.82) is 0 Å². The van der Waals surface area contributed by atoms with E-state index >= 15 is 0 Å². The molecule has 0 radical (unpaired) electrons. The molecule has 6 nitrogen and oxygen atoms in total. The smallest absolute Gasteiger partial charge is 0.319 e. The van der Waals surface area contributed by atoms with Crippen LogP contribution in [0.25, 0.3) is 0 Å². The summed E-state index contributed by atoms with van der Waals surface area (Å²) in [5, 5.41) is 5.82. The first kappa shape index (κ1) is 16.6. The minimum Gasteiger partial charge on any atom is -0.496 e. The average Bonchev–Trinajstić information content (AvgIpc) is 2.75. The second-order valence-electron chi connectivity index (χ2n) is 6.01. The first-order valence-corrected chi connectivity index (χ1v) is 7.63. The predicted molar refractivity (Wildman–Crippen MR) is 88.2 cm³/mol. The minimum atomic E-state index is -0.185. The van der Waals surface area contributed by atoms with Crippen molar-refractivity contribution in [2.24, 2.45) is 5.92 Å². The van der Waals surface area contributed by atoms with Crippen molar-refractivity contribution in [2.75, 3.05) is 19.0 Å². The highest BCUT2D eigenvalue weighted by molar-refractivity contribution is 5.89. The normalized spacial score (nSPS) is 24.1. The van der Waals surface area contributed by atoms with Crippen LogP contribution in [0.2, 0.25) is 0 Å². The molecule has 4 N–H and O–H groups in total. The van der Waals surface area contributed by atoms with Gasteiger partial charge < -0.3 is 15.4 Å². The maximum absolute atomic E-state index is 12.1. The van der Waals surface area contributed by atoms with E-state index < -0.39 is 0 Å². The van der Waals surface area contributed by atoms with Crippen molar-refractivity contribution in [2.45, 2.75) is 39.8 Å². The Hall–Kier alpha value is -1.79. The highest BCUT2D eigenvalue weighted by atomic mass is 16.5. The minimum absolute atomic E-state index is 0.185. The Kier molecular flexibility index (Phi) is 5.26. The fourth-order valence-corrected chi connectivity index (χ4v) is 2.99. The molecule has 0 saturated carbocycles. The lowest BCUT2D eigenvalue weighted by Crippen LogP contribution is -2.39. The second-order valence-corrected chi connectivity index (χ2v) is 6.01. The molecular weight excluding hydrogens is 280 g/mol. The van der Waals surface area contributed by atoms with Gasteiger partial charge in [-0.25, -0.2) is 4.79 Å². The van der Waals surface area contributed by atoms with Crippen LogP contribution in [0, 0.1) is 19.8 Å². The summed E-state index contributed by atoms with van der Waals surface area (Å²) >= 11 is 0. The van der Waals surface area contributed by atoms with Crippen LogP contribution in [0.15, 0.2) is 12.1 Å². The second kappa shape index (κ2) is 6.98. The van der Waals surface area contributed by atoms with E-state index in [0.29, 0.717) is 24.5 Å². The van der Waals surface area contributed by atoms with Crippen molar-refractivity contribution >= 4 is 11.7 Å². The molecular formula is C16H26N4O2. The van der Waals surface area contributed by atoms with Crippen LogP contribution in [0.5, 0.6) is 5.75 Å². The summed E-state index contributed by atoms with van der Waals surface area (Å²) in [4.78, 5) is 12.1. The number of hydrazine groups is 1. The quantitative estimate of drug-likeness (QED) is 0.686. The van der Waals surface area contributed by atoms with Gasteiger partial charge in [0.05, 0.1) is 7.11 Å². The monoisotopic (exact) mass is 306 g/mol. The molecule has 1 aromatic rings. The van der Waals surface area contributed by atoms with Crippen LogP contribution >= 0.6 is 0 Å². The van der Waals surface area contributed by atoms with Gasteiger partial charge in [-0.2, -0.15) is 0 Å². The summed E-state index contributed by atoms with van der Waals surface area (Å²) in [6.45, 7) is 8.78.